The lowest BCUT2D eigenvalue weighted by Crippen LogP contribution is -2.45. The quantitative estimate of drug-likeness (QED) is 0.618. The fourth-order valence-electron chi connectivity index (χ4n) is 5.01. The summed E-state index contributed by atoms with van der Waals surface area (Å²) < 4.78 is 34.2. The van der Waals surface area contributed by atoms with Crippen LogP contribution in [0.25, 0.3) is 5.65 Å². The summed E-state index contributed by atoms with van der Waals surface area (Å²) in [6.07, 6.45) is 8.29. The maximum atomic E-state index is 15.5. The van der Waals surface area contributed by atoms with Crippen LogP contribution >= 0.6 is 0 Å². The number of carbonyl (C=O) groups is 1. The molecule has 9 heteroatoms. The van der Waals surface area contributed by atoms with Crippen LogP contribution in [0.1, 0.15) is 74.4 Å². The molecule has 4 aliphatic rings. The topological polar surface area (TPSA) is 90.9 Å². The van der Waals surface area contributed by atoms with E-state index in [4.69, 9.17) is 13.9 Å². The van der Waals surface area contributed by atoms with E-state index in [9.17, 15) is 4.79 Å². The molecule has 0 spiro atoms. The number of pyridine rings is 1. The highest BCUT2D eigenvalue weighted by Crippen LogP contribution is 2.58. The molecule has 7 rings (SSSR count). The Morgan fingerprint density at radius 3 is 2.75 bits per heavy atom. The Bertz CT molecular complexity index is 1240. The Morgan fingerprint density at radius 2 is 2.09 bits per heavy atom. The number of carbonyl (C=O) groups excluding carboxylic acids is 1. The second-order valence-corrected chi connectivity index (χ2v) is 9.88. The number of nitrogens with one attached hydrogen (secondary N) is 1. The average molecular weight is 440 g/mol. The van der Waals surface area contributed by atoms with Crippen LogP contribution in [0.3, 0.4) is 0 Å². The van der Waals surface area contributed by atoms with E-state index in [0.717, 1.165) is 31.4 Å². The minimum atomic E-state index is -0.612. The van der Waals surface area contributed by atoms with Gasteiger partial charge in [0.2, 0.25) is 5.82 Å². The maximum absolute atomic E-state index is 15.5. The standard InChI is InChI=1S/C23H25FN4O4/c1-12(2)32-18-14(25-20(29)15-8-30-21(26-15)13-4-5-13)6-28-7-16(27-19(28)17(18)24)23-9-22(3,10-23)31-11-23/h6-8,12-13H,4-5,9-11H2,1-3H3,(H,25,29). The highest BCUT2D eigenvalue weighted by Gasteiger charge is 2.61. The molecule has 0 unspecified atom stereocenters. The van der Waals surface area contributed by atoms with Gasteiger partial charge < -0.3 is 23.6 Å². The van der Waals surface area contributed by atoms with Gasteiger partial charge in [-0.05, 0) is 46.5 Å². The van der Waals surface area contributed by atoms with Crippen molar-refractivity contribution in [2.24, 2.45) is 0 Å². The summed E-state index contributed by atoms with van der Waals surface area (Å²) >= 11 is 0. The fourth-order valence-corrected chi connectivity index (χ4v) is 5.01. The van der Waals surface area contributed by atoms with Gasteiger partial charge in [-0.15, -0.1) is 0 Å². The van der Waals surface area contributed by atoms with Crippen LogP contribution in [0.15, 0.2) is 23.1 Å². The highest BCUT2D eigenvalue weighted by molar-refractivity contribution is 6.03. The predicted molar refractivity (Wildman–Crippen MR) is 113 cm³/mol. The minimum Gasteiger partial charge on any atom is -0.486 e. The number of aromatic nitrogens is 3. The van der Waals surface area contributed by atoms with Crippen LogP contribution in [0.4, 0.5) is 10.1 Å². The van der Waals surface area contributed by atoms with E-state index in [1.165, 1.54) is 6.26 Å². The van der Waals surface area contributed by atoms with Crippen LogP contribution in [-0.2, 0) is 10.2 Å². The van der Waals surface area contributed by atoms with Crippen molar-refractivity contribution in [3.63, 3.8) is 0 Å². The van der Waals surface area contributed by atoms with Crippen molar-refractivity contribution in [2.75, 3.05) is 11.9 Å². The molecule has 8 nitrogen and oxygen atoms in total. The summed E-state index contributed by atoms with van der Waals surface area (Å²) in [5.74, 6) is -0.269. The molecule has 1 amide bonds. The fraction of sp³-hybridized carbons (Fsp3) is 0.522. The molecule has 5 heterocycles. The molecular weight excluding hydrogens is 415 g/mol. The van der Waals surface area contributed by atoms with Crippen LogP contribution < -0.4 is 10.1 Å². The monoisotopic (exact) mass is 440 g/mol. The molecular formula is C23H25FN4O4. The molecule has 168 valence electrons. The number of rotatable bonds is 6. The Kier molecular flexibility index (Phi) is 4.03. The van der Waals surface area contributed by atoms with E-state index in [-0.39, 0.29) is 39.9 Å². The highest BCUT2D eigenvalue weighted by atomic mass is 19.1. The van der Waals surface area contributed by atoms with Gasteiger partial charge in [0.15, 0.2) is 23.0 Å². The molecule has 2 saturated carbocycles. The summed E-state index contributed by atoms with van der Waals surface area (Å²) in [5.41, 5.74) is 1.07. The van der Waals surface area contributed by atoms with Crippen molar-refractivity contribution in [3.8, 4) is 5.75 Å². The molecule has 2 aliphatic carbocycles. The number of oxazole rings is 1. The van der Waals surface area contributed by atoms with Gasteiger partial charge in [0, 0.05) is 23.7 Å². The number of fused-ring (bicyclic) bond motifs is 2. The normalized spacial score (nSPS) is 26.5. The number of anilines is 1. The third-order valence-electron chi connectivity index (χ3n) is 6.59. The number of nitrogens with zero attached hydrogens (tertiary/aromatic N) is 3. The zero-order valence-corrected chi connectivity index (χ0v) is 18.3. The lowest BCUT2D eigenvalue weighted by atomic mass is 9.62. The van der Waals surface area contributed by atoms with Gasteiger partial charge in [0.1, 0.15) is 12.0 Å². The molecule has 0 aromatic carbocycles. The Labute approximate surface area is 184 Å². The van der Waals surface area contributed by atoms with Crippen molar-refractivity contribution in [3.05, 3.63) is 41.8 Å². The lowest BCUT2D eigenvalue weighted by molar-refractivity contribution is 0.0154. The Morgan fingerprint density at radius 1 is 1.31 bits per heavy atom. The van der Waals surface area contributed by atoms with E-state index in [0.29, 0.717) is 18.4 Å². The first-order valence-corrected chi connectivity index (χ1v) is 11.0. The molecule has 0 radical (unpaired) electrons. The maximum Gasteiger partial charge on any atom is 0.277 e. The number of imidazole rings is 1. The van der Waals surface area contributed by atoms with Crippen molar-refractivity contribution in [1.82, 2.24) is 14.4 Å². The van der Waals surface area contributed by atoms with E-state index >= 15 is 4.39 Å². The van der Waals surface area contributed by atoms with Crippen LogP contribution in [0, 0.1) is 5.82 Å². The third kappa shape index (κ3) is 3.02. The lowest BCUT2D eigenvalue weighted by Gasteiger charge is -2.41. The molecule has 3 aromatic heterocycles. The Balaban J connectivity index is 1.36. The van der Waals surface area contributed by atoms with Gasteiger partial charge in [-0.1, -0.05) is 0 Å². The largest absolute Gasteiger partial charge is 0.486 e. The van der Waals surface area contributed by atoms with Gasteiger partial charge in [0.05, 0.1) is 24.0 Å². The van der Waals surface area contributed by atoms with Crippen molar-refractivity contribution < 1.29 is 23.1 Å². The second-order valence-electron chi connectivity index (χ2n) is 9.88. The Hall–Kier alpha value is -2.94. The third-order valence-corrected chi connectivity index (χ3v) is 6.59. The summed E-state index contributed by atoms with van der Waals surface area (Å²) in [7, 11) is 0. The molecule has 0 atom stereocenters. The number of amides is 1. The smallest absolute Gasteiger partial charge is 0.277 e. The van der Waals surface area contributed by atoms with Crippen LogP contribution in [0.5, 0.6) is 5.75 Å². The zero-order valence-electron chi connectivity index (χ0n) is 18.3. The van der Waals surface area contributed by atoms with Gasteiger partial charge in [-0.3, -0.25) is 4.79 Å². The van der Waals surface area contributed by atoms with E-state index in [2.05, 4.69) is 22.2 Å². The van der Waals surface area contributed by atoms with Crippen molar-refractivity contribution in [2.45, 2.75) is 69.5 Å². The molecule has 1 N–H and O–H groups in total. The summed E-state index contributed by atoms with van der Waals surface area (Å²) in [4.78, 5) is 21.7. The number of ether oxygens (including phenoxy) is 2. The van der Waals surface area contributed by atoms with E-state index in [1.54, 1.807) is 24.4 Å². The van der Waals surface area contributed by atoms with Crippen molar-refractivity contribution in [1.29, 1.82) is 0 Å². The second kappa shape index (κ2) is 6.54. The van der Waals surface area contributed by atoms with Crippen LogP contribution in [-0.4, -0.2) is 38.6 Å². The number of halogens is 1. The number of hydrogen-bond donors (Lipinski definition) is 1. The molecule has 2 aliphatic heterocycles. The zero-order chi connectivity index (χ0) is 22.3. The van der Waals surface area contributed by atoms with Gasteiger partial charge in [0.25, 0.3) is 5.91 Å². The van der Waals surface area contributed by atoms with Gasteiger partial charge in [-0.2, -0.15) is 4.39 Å². The van der Waals surface area contributed by atoms with Crippen molar-refractivity contribution >= 4 is 17.2 Å². The average Bonchev–Trinajstić information content (AvgIpc) is 3.07. The van der Waals surface area contributed by atoms with E-state index in [1.807, 2.05) is 6.20 Å². The molecule has 3 aromatic rings. The predicted octanol–water partition coefficient (Wildman–Crippen LogP) is 4.20. The first-order chi connectivity index (χ1) is 15.3. The first kappa shape index (κ1) is 19.7. The van der Waals surface area contributed by atoms with Gasteiger partial charge >= 0.3 is 0 Å². The SMILES string of the molecule is CC(C)Oc1c(NC(=O)c2coc(C3CC3)n2)cn2cc(C34COC(C)(C3)C4)nc2c1F. The first-order valence-electron chi connectivity index (χ1n) is 11.0. The molecule has 4 fully saturated rings. The van der Waals surface area contributed by atoms with Crippen LogP contribution in [0.2, 0.25) is 0 Å². The molecule has 32 heavy (non-hydrogen) atoms. The van der Waals surface area contributed by atoms with E-state index < -0.39 is 11.7 Å². The summed E-state index contributed by atoms with van der Waals surface area (Å²) in [6.45, 7) is 6.28. The molecule has 2 bridgehead atoms. The summed E-state index contributed by atoms with van der Waals surface area (Å²) in [5, 5.41) is 2.74. The minimum absolute atomic E-state index is 0.0393. The van der Waals surface area contributed by atoms with Gasteiger partial charge in [-0.25, -0.2) is 9.97 Å². The number of hydrogen-bond acceptors (Lipinski definition) is 6. The summed E-state index contributed by atoms with van der Waals surface area (Å²) in [6, 6.07) is 0. The molecule has 2 saturated heterocycles.